The van der Waals surface area contributed by atoms with Gasteiger partial charge in [-0.25, -0.2) is 4.39 Å². The van der Waals surface area contributed by atoms with Crippen LogP contribution in [0.2, 0.25) is 5.02 Å². The van der Waals surface area contributed by atoms with Gasteiger partial charge in [-0.2, -0.15) is 0 Å². The van der Waals surface area contributed by atoms with Gasteiger partial charge in [0.15, 0.2) is 23.4 Å². The monoisotopic (exact) mass is 497 g/mol. The Labute approximate surface area is 205 Å². The van der Waals surface area contributed by atoms with Crippen molar-refractivity contribution in [2.45, 2.75) is 13.0 Å². The van der Waals surface area contributed by atoms with Crippen LogP contribution in [0.3, 0.4) is 0 Å². The van der Waals surface area contributed by atoms with Crippen molar-refractivity contribution in [3.8, 4) is 28.6 Å². The minimum Gasteiger partial charge on any atom is -0.493 e. The van der Waals surface area contributed by atoms with E-state index in [2.05, 4.69) is 5.32 Å². The van der Waals surface area contributed by atoms with Crippen LogP contribution >= 0.6 is 11.6 Å². The van der Waals surface area contributed by atoms with E-state index in [0.29, 0.717) is 33.4 Å². The van der Waals surface area contributed by atoms with E-state index in [1.807, 2.05) is 0 Å². The van der Waals surface area contributed by atoms with Crippen molar-refractivity contribution in [1.82, 2.24) is 0 Å². The summed E-state index contributed by atoms with van der Waals surface area (Å²) in [6.07, 6.45) is -1.10. The van der Waals surface area contributed by atoms with Crippen molar-refractivity contribution in [1.29, 1.82) is 0 Å². The third-order valence-electron chi connectivity index (χ3n) is 5.23. The van der Waals surface area contributed by atoms with Crippen LogP contribution in [0.1, 0.15) is 6.92 Å². The van der Waals surface area contributed by atoms with Gasteiger partial charge in [-0.15, -0.1) is 0 Å². The molecule has 0 radical (unpaired) electrons. The van der Waals surface area contributed by atoms with Gasteiger partial charge in [0.25, 0.3) is 5.91 Å². The molecule has 0 saturated heterocycles. The molecular weight excluding hydrogens is 477 g/mol. The molecule has 3 aromatic carbocycles. The van der Waals surface area contributed by atoms with Crippen LogP contribution in [0.15, 0.2) is 69.9 Å². The Morgan fingerprint density at radius 1 is 1.00 bits per heavy atom. The second-order valence-electron chi connectivity index (χ2n) is 7.56. The number of ether oxygens (including phenoxy) is 3. The SMILES string of the molecule is COc1ccc(-c2oc3ccc(Cl)cc3c(=O)c2OC(C)C(=O)Nc2ccc(F)cc2)cc1OC. The van der Waals surface area contributed by atoms with Crippen molar-refractivity contribution in [2.24, 2.45) is 0 Å². The van der Waals surface area contributed by atoms with E-state index in [4.69, 9.17) is 30.2 Å². The van der Waals surface area contributed by atoms with Crippen LogP contribution < -0.4 is 25.0 Å². The zero-order chi connectivity index (χ0) is 25.1. The lowest BCUT2D eigenvalue weighted by Crippen LogP contribution is -2.31. The van der Waals surface area contributed by atoms with Crippen molar-refractivity contribution in [3.05, 3.63) is 81.7 Å². The fourth-order valence-corrected chi connectivity index (χ4v) is 3.60. The second-order valence-corrected chi connectivity index (χ2v) is 7.99. The van der Waals surface area contributed by atoms with Crippen LogP contribution in [0, 0.1) is 5.82 Å². The summed E-state index contributed by atoms with van der Waals surface area (Å²) in [5.41, 5.74) is 0.641. The predicted octanol–water partition coefficient (Wildman–Crippen LogP) is 5.68. The Morgan fingerprint density at radius 2 is 1.71 bits per heavy atom. The second kappa shape index (κ2) is 10.1. The fourth-order valence-electron chi connectivity index (χ4n) is 3.43. The summed E-state index contributed by atoms with van der Waals surface area (Å²) in [6.45, 7) is 1.48. The molecule has 0 saturated carbocycles. The van der Waals surface area contributed by atoms with Gasteiger partial charge in [0, 0.05) is 16.3 Å². The number of hydrogen-bond acceptors (Lipinski definition) is 6. The van der Waals surface area contributed by atoms with Crippen LogP contribution in [0.5, 0.6) is 17.2 Å². The summed E-state index contributed by atoms with van der Waals surface area (Å²) in [4.78, 5) is 26.2. The molecule has 0 bridgehead atoms. The summed E-state index contributed by atoms with van der Waals surface area (Å²) in [5, 5.41) is 3.17. The molecule has 180 valence electrons. The number of benzene rings is 3. The van der Waals surface area contributed by atoms with Gasteiger partial charge >= 0.3 is 0 Å². The average molecular weight is 498 g/mol. The first-order valence-corrected chi connectivity index (χ1v) is 10.9. The Hall–Kier alpha value is -4.04. The van der Waals surface area contributed by atoms with Crippen molar-refractivity contribution in [2.75, 3.05) is 19.5 Å². The number of carbonyl (C=O) groups excluding carboxylic acids is 1. The van der Waals surface area contributed by atoms with E-state index in [0.717, 1.165) is 0 Å². The van der Waals surface area contributed by atoms with Gasteiger partial charge in [0.2, 0.25) is 11.2 Å². The predicted molar refractivity (Wildman–Crippen MR) is 131 cm³/mol. The number of anilines is 1. The topological polar surface area (TPSA) is 87.0 Å². The minimum atomic E-state index is -1.10. The number of hydrogen-bond donors (Lipinski definition) is 1. The Balaban J connectivity index is 1.77. The molecule has 0 fully saturated rings. The zero-order valence-electron chi connectivity index (χ0n) is 19.1. The van der Waals surface area contributed by atoms with Gasteiger partial charge in [-0.3, -0.25) is 9.59 Å². The van der Waals surface area contributed by atoms with Crippen LogP contribution in [0.25, 0.3) is 22.3 Å². The number of halogens is 2. The van der Waals surface area contributed by atoms with Crippen LogP contribution in [-0.2, 0) is 4.79 Å². The lowest BCUT2D eigenvalue weighted by atomic mass is 10.1. The molecule has 0 aliphatic rings. The maximum absolute atomic E-state index is 13.4. The molecule has 35 heavy (non-hydrogen) atoms. The van der Waals surface area contributed by atoms with Gasteiger partial charge < -0.3 is 23.9 Å². The third-order valence-corrected chi connectivity index (χ3v) is 5.47. The average Bonchev–Trinajstić information content (AvgIpc) is 2.86. The number of fused-ring (bicyclic) bond motifs is 1. The molecule has 1 heterocycles. The molecule has 1 aromatic heterocycles. The molecular formula is C26H21ClFNO6. The van der Waals surface area contributed by atoms with Gasteiger partial charge in [-0.05, 0) is 67.6 Å². The molecule has 0 spiro atoms. The summed E-state index contributed by atoms with van der Waals surface area (Å²) in [6, 6.07) is 14.9. The summed E-state index contributed by atoms with van der Waals surface area (Å²) in [7, 11) is 2.99. The van der Waals surface area contributed by atoms with E-state index >= 15 is 0 Å². The molecule has 1 amide bonds. The van der Waals surface area contributed by atoms with Gasteiger partial charge in [-0.1, -0.05) is 11.6 Å². The lowest BCUT2D eigenvalue weighted by molar-refractivity contribution is -0.122. The van der Waals surface area contributed by atoms with Crippen molar-refractivity contribution in [3.63, 3.8) is 0 Å². The summed E-state index contributed by atoms with van der Waals surface area (Å²) in [5.74, 6) is -0.140. The molecule has 1 unspecified atom stereocenters. The maximum atomic E-state index is 13.4. The highest BCUT2D eigenvalue weighted by Crippen LogP contribution is 2.37. The molecule has 1 atom stereocenters. The Kier molecular flexibility index (Phi) is 6.93. The highest BCUT2D eigenvalue weighted by Gasteiger charge is 2.24. The molecule has 7 nitrogen and oxygen atoms in total. The van der Waals surface area contributed by atoms with Crippen LogP contribution in [0.4, 0.5) is 10.1 Å². The molecule has 4 aromatic rings. The normalized spacial score (nSPS) is 11.7. The fraction of sp³-hybridized carbons (Fsp3) is 0.154. The Bertz CT molecular complexity index is 1450. The molecule has 1 N–H and O–H groups in total. The largest absolute Gasteiger partial charge is 0.493 e. The van der Waals surface area contributed by atoms with Gasteiger partial charge in [0.1, 0.15) is 11.4 Å². The number of amides is 1. The molecule has 0 aliphatic carbocycles. The first-order valence-electron chi connectivity index (χ1n) is 10.5. The molecule has 9 heteroatoms. The Morgan fingerprint density at radius 3 is 2.40 bits per heavy atom. The van der Waals surface area contributed by atoms with E-state index in [1.54, 1.807) is 30.3 Å². The first kappa shape index (κ1) is 24.1. The third kappa shape index (κ3) is 5.07. The molecule has 0 aliphatic heterocycles. The zero-order valence-corrected chi connectivity index (χ0v) is 19.8. The van der Waals surface area contributed by atoms with E-state index in [9.17, 15) is 14.0 Å². The van der Waals surface area contributed by atoms with Gasteiger partial charge in [0.05, 0.1) is 19.6 Å². The number of methoxy groups -OCH3 is 2. The smallest absolute Gasteiger partial charge is 0.265 e. The van der Waals surface area contributed by atoms with Crippen LogP contribution in [-0.4, -0.2) is 26.2 Å². The summed E-state index contributed by atoms with van der Waals surface area (Å²) >= 11 is 6.09. The van der Waals surface area contributed by atoms with Crippen molar-refractivity contribution < 1.29 is 27.8 Å². The highest BCUT2D eigenvalue weighted by molar-refractivity contribution is 6.31. The lowest BCUT2D eigenvalue weighted by Gasteiger charge is -2.17. The minimum absolute atomic E-state index is 0.104. The standard InChI is InChI=1S/C26H21ClFNO6/c1-14(26(31)29-18-8-6-17(28)7-9-18)34-25-23(30)19-13-16(27)5-11-20(19)35-24(25)15-4-10-21(32-2)22(12-15)33-3/h4-14H,1-3H3,(H,29,31). The summed E-state index contributed by atoms with van der Waals surface area (Å²) < 4.78 is 35.7. The number of carbonyl (C=O) groups is 1. The van der Waals surface area contributed by atoms with Crippen molar-refractivity contribution >= 4 is 34.2 Å². The van der Waals surface area contributed by atoms with E-state index < -0.39 is 23.3 Å². The van der Waals surface area contributed by atoms with E-state index in [1.165, 1.54) is 51.5 Å². The highest BCUT2D eigenvalue weighted by atomic mass is 35.5. The number of rotatable bonds is 7. The number of nitrogens with one attached hydrogen (secondary N) is 1. The van der Waals surface area contributed by atoms with E-state index in [-0.39, 0.29) is 16.9 Å². The maximum Gasteiger partial charge on any atom is 0.265 e. The molecule has 4 rings (SSSR count). The first-order chi connectivity index (χ1) is 16.8. The quantitative estimate of drug-likeness (QED) is 0.354.